The molecule has 7 nitrogen and oxygen atoms in total. The van der Waals surface area contributed by atoms with Crippen LogP contribution in [-0.2, 0) is 4.74 Å². The van der Waals surface area contributed by atoms with E-state index in [0.29, 0.717) is 17.4 Å². The molecule has 0 aliphatic heterocycles. The van der Waals surface area contributed by atoms with E-state index in [9.17, 15) is 9.59 Å². The molecule has 1 aromatic carbocycles. The molecule has 1 amide bonds. The largest absolute Gasteiger partial charge is 0.465 e. The number of hydrogen-bond donors (Lipinski definition) is 2. The SMILES string of the molecule is COC(=O)c1ccccc1NC(=O)c1cc(NCC(C)C)ncn1. The van der Waals surface area contributed by atoms with Gasteiger partial charge in [0.1, 0.15) is 17.8 Å². The number of nitrogens with one attached hydrogen (secondary N) is 2. The number of esters is 1. The molecule has 0 unspecified atom stereocenters. The first-order chi connectivity index (χ1) is 11.5. The van der Waals surface area contributed by atoms with Gasteiger partial charge in [0.15, 0.2) is 0 Å². The number of aromatic nitrogens is 2. The van der Waals surface area contributed by atoms with Gasteiger partial charge < -0.3 is 15.4 Å². The van der Waals surface area contributed by atoms with Gasteiger partial charge in [-0.1, -0.05) is 26.0 Å². The van der Waals surface area contributed by atoms with E-state index >= 15 is 0 Å². The van der Waals surface area contributed by atoms with Crippen molar-refractivity contribution in [2.45, 2.75) is 13.8 Å². The van der Waals surface area contributed by atoms with E-state index in [1.54, 1.807) is 30.3 Å². The number of ether oxygens (including phenoxy) is 1. The summed E-state index contributed by atoms with van der Waals surface area (Å²) in [4.78, 5) is 32.2. The van der Waals surface area contributed by atoms with Crippen molar-refractivity contribution in [3.8, 4) is 0 Å². The predicted octanol–water partition coefficient (Wildman–Crippen LogP) is 2.58. The highest BCUT2D eigenvalue weighted by Gasteiger charge is 2.15. The zero-order chi connectivity index (χ0) is 17.5. The van der Waals surface area contributed by atoms with Crippen LogP contribution in [0.1, 0.15) is 34.7 Å². The molecule has 0 spiro atoms. The Kier molecular flexibility index (Phi) is 5.83. The molecular formula is C17H20N4O3. The molecule has 0 atom stereocenters. The van der Waals surface area contributed by atoms with Crippen LogP contribution in [0.25, 0.3) is 0 Å². The molecule has 0 aliphatic carbocycles. The highest BCUT2D eigenvalue weighted by Crippen LogP contribution is 2.17. The first kappa shape index (κ1) is 17.4. The Balaban J connectivity index is 2.16. The van der Waals surface area contributed by atoms with Gasteiger partial charge in [0.05, 0.1) is 18.4 Å². The molecule has 0 fully saturated rings. The van der Waals surface area contributed by atoms with Crippen molar-refractivity contribution < 1.29 is 14.3 Å². The fourth-order valence-electron chi connectivity index (χ4n) is 1.95. The fraction of sp³-hybridized carbons (Fsp3) is 0.294. The minimum Gasteiger partial charge on any atom is -0.465 e. The van der Waals surface area contributed by atoms with Crippen LogP contribution in [0.4, 0.5) is 11.5 Å². The van der Waals surface area contributed by atoms with Gasteiger partial charge in [-0.3, -0.25) is 4.79 Å². The van der Waals surface area contributed by atoms with Crippen molar-refractivity contribution in [2.24, 2.45) is 5.92 Å². The molecule has 1 aromatic heterocycles. The van der Waals surface area contributed by atoms with Crippen LogP contribution >= 0.6 is 0 Å². The average molecular weight is 328 g/mol. The van der Waals surface area contributed by atoms with Crippen molar-refractivity contribution in [3.63, 3.8) is 0 Å². The summed E-state index contributed by atoms with van der Waals surface area (Å²) in [6, 6.07) is 8.19. The highest BCUT2D eigenvalue weighted by molar-refractivity contribution is 6.07. The summed E-state index contributed by atoms with van der Waals surface area (Å²) in [5.74, 6) is 0.0727. The Morgan fingerprint density at radius 2 is 1.96 bits per heavy atom. The topological polar surface area (TPSA) is 93.2 Å². The monoisotopic (exact) mass is 328 g/mol. The van der Waals surface area contributed by atoms with Gasteiger partial charge in [-0.05, 0) is 18.1 Å². The van der Waals surface area contributed by atoms with Gasteiger partial charge in [-0.2, -0.15) is 0 Å². The van der Waals surface area contributed by atoms with Crippen molar-refractivity contribution in [1.82, 2.24) is 9.97 Å². The summed E-state index contributed by atoms with van der Waals surface area (Å²) in [5, 5.41) is 5.81. The summed E-state index contributed by atoms with van der Waals surface area (Å²) in [6.07, 6.45) is 1.32. The molecule has 0 radical (unpaired) electrons. The molecule has 1 heterocycles. The number of nitrogens with zero attached hydrogens (tertiary/aromatic N) is 2. The van der Waals surface area contributed by atoms with Gasteiger partial charge in [0.25, 0.3) is 5.91 Å². The standard InChI is InChI=1S/C17H20N4O3/c1-11(2)9-18-15-8-14(19-10-20-15)16(22)21-13-7-5-4-6-12(13)17(23)24-3/h4-8,10-11H,9H2,1-3H3,(H,21,22)(H,18,19,20). The number of methoxy groups -OCH3 is 1. The second-order valence-electron chi connectivity index (χ2n) is 5.55. The maximum absolute atomic E-state index is 12.4. The van der Waals surface area contributed by atoms with Crippen LogP contribution in [0.3, 0.4) is 0 Å². The lowest BCUT2D eigenvalue weighted by atomic mass is 10.1. The summed E-state index contributed by atoms with van der Waals surface area (Å²) in [7, 11) is 1.29. The summed E-state index contributed by atoms with van der Waals surface area (Å²) in [5.41, 5.74) is 0.848. The number of carbonyl (C=O) groups excluding carboxylic acids is 2. The molecule has 0 aliphatic rings. The average Bonchev–Trinajstić information content (AvgIpc) is 2.60. The van der Waals surface area contributed by atoms with Gasteiger partial charge in [0, 0.05) is 12.6 Å². The molecule has 7 heteroatoms. The third kappa shape index (κ3) is 4.52. The molecule has 0 saturated heterocycles. The van der Waals surface area contributed by atoms with Crippen LogP contribution in [-0.4, -0.2) is 35.5 Å². The van der Waals surface area contributed by atoms with E-state index in [1.807, 2.05) is 0 Å². The van der Waals surface area contributed by atoms with Crippen LogP contribution in [0, 0.1) is 5.92 Å². The first-order valence-electron chi connectivity index (χ1n) is 7.56. The molecular weight excluding hydrogens is 308 g/mol. The van der Waals surface area contributed by atoms with Crippen LogP contribution in [0.2, 0.25) is 0 Å². The number of hydrogen-bond acceptors (Lipinski definition) is 6. The highest BCUT2D eigenvalue weighted by atomic mass is 16.5. The quantitative estimate of drug-likeness (QED) is 0.792. The normalized spacial score (nSPS) is 10.3. The summed E-state index contributed by atoms with van der Waals surface area (Å²) in [6.45, 7) is 4.89. The maximum atomic E-state index is 12.4. The smallest absolute Gasteiger partial charge is 0.339 e. The van der Waals surface area contributed by atoms with E-state index < -0.39 is 11.9 Å². The fourth-order valence-corrected chi connectivity index (χ4v) is 1.95. The Morgan fingerprint density at radius 1 is 1.21 bits per heavy atom. The lowest BCUT2D eigenvalue weighted by Gasteiger charge is -2.11. The summed E-state index contributed by atoms with van der Waals surface area (Å²) < 4.78 is 4.71. The number of rotatable bonds is 6. The van der Waals surface area contributed by atoms with Crippen molar-refractivity contribution >= 4 is 23.4 Å². The van der Waals surface area contributed by atoms with E-state index in [-0.39, 0.29) is 11.3 Å². The molecule has 0 bridgehead atoms. The third-order valence-corrected chi connectivity index (χ3v) is 3.17. The molecule has 2 rings (SSSR count). The second kappa shape index (κ2) is 8.05. The Labute approximate surface area is 140 Å². The Bertz CT molecular complexity index is 731. The molecule has 2 aromatic rings. The molecule has 126 valence electrons. The number of para-hydroxylation sites is 1. The van der Waals surface area contributed by atoms with Crippen LogP contribution < -0.4 is 10.6 Å². The second-order valence-corrected chi connectivity index (χ2v) is 5.55. The zero-order valence-electron chi connectivity index (χ0n) is 13.9. The lowest BCUT2D eigenvalue weighted by molar-refractivity contribution is 0.0602. The van der Waals surface area contributed by atoms with Gasteiger partial charge in [-0.25, -0.2) is 14.8 Å². The lowest BCUT2D eigenvalue weighted by Crippen LogP contribution is -2.17. The van der Waals surface area contributed by atoms with E-state index in [2.05, 4.69) is 34.4 Å². The minimum atomic E-state index is -0.520. The summed E-state index contributed by atoms with van der Waals surface area (Å²) >= 11 is 0. The van der Waals surface area contributed by atoms with Crippen LogP contribution in [0.15, 0.2) is 36.7 Å². The predicted molar refractivity (Wildman–Crippen MR) is 91.1 cm³/mol. The van der Waals surface area contributed by atoms with E-state index in [1.165, 1.54) is 13.4 Å². The van der Waals surface area contributed by atoms with Gasteiger partial charge in [-0.15, -0.1) is 0 Å². The molecule has 0 saturated carbocycles. The molecule has 24 heavy (non-hydrogen) atoms. The minimum absolute atomic E-state index is 0.205. The van der Waals surface area contributed by atoms with Crippen LogP contribution in [0.5, 0.6) is 0 Å². The first-order valence-corrected chi connectivity index (χ1v) is 7.56. The number of benzene rings is 1. The van der Waals surface area contributed by atoms with Crippen molar-refractivity contribution in [2.75, 3.05) is 24.3 Å². The Hall–Kier alpha value is -2.96. The molecule has 2 N–H and O–H groups in total. The number of carbonyl (C=O) groups is 2. The third-order valence-electron chi connectivity index (χ3n) is 3.17. The zero-order valence-corrected chi connectivity index (χ0v) is 13.9. The van der Waals surface area contributed by atoms with Crippen molar-refractivity contribution in [1.29, 1.82) is 0 Å². The van der Waals surface area contributed by atoms with Crippen molar-refractivity contribution in [3.05, 3.63) is 47.9 Å². The van der Waals surface area contributed by atoms with E-state index in [0.717, 1.165) is 6.54 Å². The van der Waals surface area contributed by atoms with Gasteiger partial charge in [0.2, 0.25) is 0 Å². The van der Waals surface area contributed by atoms with E-state index in [4.69, 9.17) is 4.74 Å². The Morgan fingerprint density at radius 3 is 2.67 bits per heavy atom. The number of anilines is 2. The maximum Gasteiger partial charge on any atom is 0.339 e. The number of amides is 1. The van der Waals surface area contributed by atoms with Gasteiger partial charge >= 0.3 is 5.97 Å².